The molecule has 2 atom stereocenters. The van der Waals surface area contributed by atoms with E-state index in [1.165, 1.54) is 18.4 Å². The number of fused-ring (bicyclic) bond motifs is 1. The van der Waals surface area contributed by atoms with Crippen LogP contribution in [0, 0.1) is 5.41 Å². The fraction of sp³-hybridized carbons (Fsp3) is 0.462. The van der Waals surface area contributed by atoms with Crippen LogP contribution in [0.4, 0.5) is 0 Å². The zero-order valence-corrected chi connectivity index (χ0v) is 19.8. The maximum Gasteiger partial charge on any atom is 0.312 e. The summed E-state index contributed by atoms with van der Waals surface area (Å²) in [6.07, 6.45) is 8.10. The lowest BCUT2D eigenvalue weighted by Gasteiger charge is -2.33. The predicted octanol–water partition coefficient (Wildman–Crippen LogP) is 5.24. The molecule has 0 fully saturated rings. The number of ether oxygens (including phenoxy) is 1. The number of imidazole rings is 1. The largest absolute Gasteiger partial charge is 0.492 e. The first kappa shape index (κ1) is 23.8. The maximum absolute atomic E-state index is 11.3. The van der Waals surface area contributed by atoms with E-state index >= 15 is 0 Å². The zero-order chi connectivity index (χ0) is 23.3. The minimum Gasteiger partial charge on any atom is -0.492 e. The normalized spacial score (nSPS) is 13.9. The van der Waals surface area contributed by atoms with Crippen LogP contribution < -0.4 is 4.74 Å². The van der Waals surface area contributed by atoms with E-state index in [0.29, 0.717) is 11.8 Å². The number of aliphatic carboxylic acids is 1. The molecule has 6 heteroatoms. The van der Waals surface area contributed by atoms with Gasteiger partial charge >= 0.3 is 5.97 Å². The van der Waals surface area contributed by atoms with Crippen LogP contribution in [0.15, 0.2) is 55.1 Å². The summed E-state index contributed by atoms with van der Waals surface area (Å²) < 4.78 is 7.96. The van der Waals surface area contributed by atoms with Crippen molar-refractivity contribution in [2.24, 2.45) is 5.41 Å². The lowest BCUT2D eigenvalue weighted by atomic mass is 9.95. The van der Waals surface area contributed by atoms with Crippen molar-refractivity contribution in [2.45, 2.75) is 52.6 Å². The summed E-state index contributed by atoms with van der Waals surface area (Å²) in [7, 11) is 2.19. The third kappa shape index (κ3) is 5.49. The van der Waals surface area contributed by atoms with Crippen molar-refractivity contribution in [1.82, 2.24) is 14.5 Å². The molecule has 0 amide bonds. The second-order valence-electron chi connectivity index (χ2n) is 9.28. The van der Waals surface area contributed by atoms with E-state index in [2.05, 4.69) is 53.5 Å². The molecule has 6 nitrogen and oxygen atoms in total. The number of carboxylic acids is 1. The maximum atomic E-state index is 11.3. The second kappa shape index (κ2) is 10.2. The molecule has 0 spiro atoms. The molecule has 2 aromatic carbocycles. The number of rotatable bonds is 11. The minimum atomic E-state index is -0.934. The SMILES string of the molecule is CCCCN(C)C(C)C(c1ccc2cc(OCC(C)(C)C(=O)O)ccc2c1)n1ccnc1. The van der Waals surface area contributed by atoms with Gasteiger partial charge in [0.2, 0.25) is 0 Å². The van der Waals surface area contributed by atoms with Crippen molar-refractivity contribution < 1.29 is 14.6 Å². The standard InChI is InChI=1S/C26H35N3O3/c1-6-7-13-28(5)19(2)24(29-14-12-27-18-29)22-9-8-21-16-23(11-10-20(21)15-22)32-17-26(3,4)25(30)31/h8-12,14-16,18-19,24H,6-7,13,17H2,1-5H3,(H,30,31). The van der Waals surface area contributed by atoms with Crippen molar-refractivity contribution in [3.8, 4) is 5.75 Å². The van der Waals surface area contributed by atoms with Crippen LogP contribution in [0.5, 0.6) is 5.75 Å². The summed E-state index contributed by atoms with van der Waals surface area (Å²) in [5.74, 6) is -0.190. The van der Waals surface area contributed by atoms with E-state index in [0.717, 1.165) is 17.3 Å². The molecule has 3 aromatic rings. The Morgan fingerprint density at radius 1 is 1.22 bits per heavy atom. The summed E-state index contributed by atoms with van der Waals surface area (Å²) >= 11 is 0. The molecule has 0 aliphatic heterocycles. The number of benzene rings is 2. The van der Waals surface area contributed by atoms with Crippen molar-refractivity contribution in [3.05, 3.63) is 60.7 Å². The van der Waals surface area contributed by atoms with Gasteiger partial charge in [-0.25, -0.2) is 4.98 Å². The highest BCUT2D eigenvalue weighted by molar-refractivity contribution is 5.84. The molecular weight excluding hydrogens is 402 g/mol. The van der Waals surface area contributed by atoms with Gasteiger partial charge in [0.1, 0.15) is 12.4 Å². The van der Waals surface area contributed by atoms with Gasteiger partial charge in [0.25, 0.3) is 0 Å². The van der Waals surface area contributed by atoms with Gasteiger partial charge in [-0.2, -0.15) is 0 Å². The molecule has 0 aliphatic rings. The van der Waals surface area contributed by atoms with Crippen LogP contribution in [0.3, 0.4) is 0 Å². The van der Waals surface area contributed by atoms with Crippen molar-refractivity contribution in [2.75, 3.05) is 20.2 Å². The van der Waals surface area contributed by atoms with Gasteiger partial charge in [0.05, 0.1) is 17.8 Å². The molecule has 172 valence electrons. The fourth-order valence-electron chi connectivity index (χ4n) is 3.83. The third-order valence-corrected chi connectivity index (χ3v) is 6.22. The first-order chi connectivity index (χ1) is 15.2. The Labute approximate surface area is 190 Å². The molecule has 2 unspecified atom stereocenters. The van der Waals surface area contributed by atoms with Crippen LogP contribution in [-0.4, -0.2) is 51.8 Å². The van der Waals surface area contributed by atoms with Crippen LogP contribution in [0.25, 0.3) is 10.8 Å². The predicted molar refractivity (Wildman–Crippen MR) is 128 cm³/mol. The summed E-state index contributed by atoms with van der Waals surface area (Å²) in [5.41, 5.74) is 0.295. The van der Waals surface area contributed by atoms with Gasteiger partial charge in [0.15, 0.2) is 0 Å². The van der Waals surface area contributed by atoms with Gasteiger partial charge in [0, 0.05) is 18.4 Å². The van der Waals surface area contributed by atoms with Crippen molar-refractivity contribution in [3.63, 3.8) is 0 Å². The molecule has 1 heterocycles. The van der Waals surface area contributed by atoms with Gasteiger partial charge < -0.3 is 19.3 Å². The monoisotopic (exact) mass is 437 g/mol. The van der Waals surface area contributed by atoms with E-state index in [1.807, 2.05) is 36.9 Å². The fourth-order valence-corrected chi connectivity index (χ4v) is 3.83. The summed E-state index contributed by atoms with van der Waals surface area (Å²) in [6, 6.07) is 12.9. The van der Waals surface area contributed by atoms with E-state index in [9.17, 15) is 9.90 Å². The second-order valence-corrected chi connectivity index (χ2v) is 9.28. The molecule has 0 radical (unpaired) electrons. The number of nitrogens with zero attached hydrogens (tertiary/aromatic N) is 3. The van der Waals surface area contributed by atoms with Crippen LogP contribution in [0.1, 0.15) is 52.1 Å². The topological polar surface area (TPSA) is 67.6 Å². The number of likely N-dealkylation sites (N-methyl/N-ethyl adjacent to an activating group) is 1. The highest BCUT2D eigenvalue weighted by Gasteiger charge is 2.28. The average Bonchev–Trinajstić information content (AvgIpc) is 3.30. The lowest BCUT2D eigenvalue weighted by molar-refractivity contribution is -0.148. The Balaban J connectivity index is 1.87. The quantitative estimate of drug-likeness (QED) is 0.445. The summed E-state index contributed by atoms with van der Waals surface area (Å²) in [6.45, 7) is 9.00. The Morgan fingerprint density at radius 2 is 1.94 bits per heavy atom. The van der Waals surface area contributed by atoms with Crippen LogP contribution >= 0.6 is 0 Å². The number of carbonyl (C=O) groups is 1. The smallest absolute Gasteiger partial charge is 0.312 e. The van der Waals surface area contributed by atoms with E-state index in [1.54, 1.807) is 13.8 Å². The van der Waals surface area contributed by atoms with E-state index < -0.39 is 11.4 Å². The average molecular weight is 438 g/mol. The van der Waals surface area contributed by atoms with Gasteiger partial charge in [-0.3, -0.25) is 4.79 Å². The van der Waals surface area contributed by atoms with Crippen LogP contribution in [-0.2, 0) is 4.79 Å². The minimum absolute atomic E-state index is 0.121. The number of carboxylic acid groups (broad SMARTS) is 1. The molecule has 32 heavy (non-hydrogen) atoms. The summed E-state index contributed by atoms with van der Waals surface area (Å²) in [4.78, 5) is 18.0. The molecule has 0 bridgehead atoms. The molecule has 1 aromatic heterocycles. The number of hydrogen-bond donors (Lipinski definition) is 1. The summed E-state index contributed by atoms with van der Waals surface area (Å²) in [5, 5.41) is 11.5. The highest BCUT2D eigenvalue weighted by Crippen LogP contribution is 2.30. The number of aromatic nitrogens is 2. The van der Waals surface area contributed by atoms with Gasteiger partial charge in [-0.1, -0.05) is 31.5 Å². The van der Waals surface area contributed by atoms with Gasteiger partial charge in [-0.15, -0.1) is 0 Å². The molecule has 0 saturated heterocycles. The highest BCUT2D eigenvalue weighted by atomic mass is 16.5. The number of hydrogen-bond acceptors (Lipinski definition) is 4. The Bertz CT molecular complexity index is 1030. The van der Waals surface area contributed by atoms with Crippen LogP contribution in [0.2, 0.25) is 0 Å². The molecular formula is C26H35N3O3. The van der Waals surface area contributed by atoms with Crippen molar-refractivity contribution >= 4 is 16.7 Å². The third-order valence-electron chi connectivity index (χ3n) is 6.22. The van der Waals surface area contributed by atoms with Crippen molar-refractivity contribution in [1.29, 1.82) is 0 Å². The van der Waals surface area contributed by atoms with E-state index in [-0.39, 0.29) is 12.6 Å². The number of unbranched alkanes of at least 4 members (excludes halogenated alkanes) is 1. The first-order valence-corrected chi connectivity index (χ1v) is 11.3. The Hall–Kier alpha value is -2.86. The van der Waals surface area contributed by atoms with E-state index in [4.69, 9.17) is 4.74 Å². The Kier molecular flexibility index (Phi) is 7.56. The Morgan fingerprint density at radius 3 is 2.59 bits per heavy atom. The molecule has 3 rings (SSSR count). The van der Waals surface area contributed by atoms with Gasteiger partial charge in [-0.05, 0) is 75.3 Å². The lowest BCUT2D eigenvalue weighted by Crippen LogP contribution is -2.37. The zero-order valence-electron chi connectivity index (χ0n) is 19.8. The molecule has 0 saturated carbocycles. The molecule has 1 N–H and O–H groups in total. The first-order valence-electron chi connectivity index (χ1n) is 11.3. The molecule has 0 aliphatic carbocycles.